The molecule has 5 nitrogen and oxygen atoms in total. The van der Waals surface area contributed by atoms with Gasteiger partial charge in [-0.25, -0.2) is 0 Å². The molecule has 1 rings (SSSR count). The van der Waals surface area contributed by atoms with E-state index < -0.39 is 0 Å². The fourth-order valence-electron chi connectivity index (χ4n) is 1.55. The largest absolute Gasteiger partial charge is 0.399 e. The van der Waals surface area contributed by atoms with Crippen molar-refractivity contribution in [1.29, 1.82) is 0 Å². The molecule has 1 aromatic rings. The van der Waals surface area contributed by atoms with Crippen molar-refractivity contribution in [3.63, 3.8) is 0 Å². The molecule has 1 aromatic carbocycles. The Morgan fingerprint density at radius 2 is 2.05 bits per heavy atom. The second kappa shape index (κ2) is 9.47. The van der Waals surface area contributed by atoms with Crippen LogP contribution in [0.3, 0.4) is 0 Å². The van der Waals surface area contributed by atoms with E-state index in [9.17, 15) is 9.59 Å². The quantitative estimate of drug-likeness (QED) is 0.699. The molecule has 2 amide bonds. The number of hydrogen-bond acceptors (Lipinski definition) is 3. The summed E-state index contributed by atoms with van der Waals surface area (Å²) in [7, 11) is 0. The van der Waals surface area contributed by atoms with Gasteiger partial charge < -0.3 is 16.4 Å². The summed E-state index contributed by atoms with van der Waals surface area (Å²) >= 11 is 5.93. The van der Waals surface area contributed by atoms with Gasteiger partial charge in [0.25, 0.3) is 5.91 Å². The SMILES string of the molecule is CCC(C)NC(=O)CCNC(=O)c1ccc(N)cc1Cl.Cl. The van der Waals surface area contributed by atoms with E-state index in [0.717, 1.165) is 6.42 Å². The maximum absolute atomic E-state index is 11.9. The van der Waals surface area contributed by atoms with Gasteiger partial charge in [0.15, 0.2) is 0 Å². The van der Waals surface area contributed by atoms with Crippen LogP contribution in [0.25, 0.3) is 0 Å². The minimum atomic E-state index is -0.314. The Morgan fingerprint density at radius 1 is 1.38 bits per heavy atom. The van der Waals surface area contributed by atoms with Crippen molar-refractivity contribution in [3.8, 4) is 0 Å². The monoisotopic (exact) mass is 333 g/mol. The van der Waals surface area contributed by atoms with E-state index in [1.807, 2.05) is 13.8 Å². The van der Waals surface area contributed by atoms with Crippen molar-refractivity contribution < 1.29 is 9.59 Å². The van der Waals surface area contributed by atoms with Crippen molar-refractivity contribution in [2.75, 3.05) is 12.3 Å². The van der Waals surface area contributed by atoms with Gasteiger partial charge in [0.05, 0.1) is 10.6 Å². The second-order valence-corrected chi connectivity index (χ2v) is 5.03. The molecule has 0 fully saturated rings. The lowest BCUT2D eigenvalue weighted by Crippen LogP contribution is -2.35. The predicted octanol–water partition coefficient (Wildman–Crippen LogP) is 2.38. The molecule has 0 saturated carbocycles. The van der Waals surface area contributed by atoms with Crippen molar-refractivity contribution in [1.82, 2.24) is 10.6 Å². The lowest BCUT2D eigenvalue weighted by atomic mass is 10.2. The predicted molar refractivity (Wildman–Crippen MR) is 88.0 cm³/mol. The summed E-state index contributed by atoms with van der Waals surface area (Å²) in [5, 5.41) is 5.78. The van der Waals surface area contributed by atoms with Gasteiger partial charge in [-0.1, -0.05) is 18.5 Å². The Balaban J connectivity index is 0.00000400. The summed E-state index contributed by atoms with van der Waals surface area (Å²) in [6.45, 7) is 4.20. The van der Waals surface area contributed by atoms with E-state index in [1.165, 1.54) is 6.07 Å². The summed E-state index contributed by atoms with van der Waals surface area (Å²) < 4.78 is 0. The van der Waals surface area contributed by atoms with Gasteiger partial charge in [0.1, 0.15) is 0 Å². The Bertz CT molecular complexity index is 495. The highest BCUT2D eigenvalue weighted by Gasteiger charge is 2.11. The third-order valence-electron chi connectivity index (χ3n) is 2.90. The lowest BCUT2D eigenvalue weighted by molar-refractivity contribution is -0.121. The van der Waals surface area contributed by atoms with E-state index in [1.54, 1.807) is 12.1 Å². The van der Waals surface area contributed by atoms with Crippen LogP contribution < -0.4 is 16.4 Å². The van der Waals surface area contributed by atoms with Gasteiger partial charge in [-0.15, -0.1) is 12.4 Å². The molecule has 0 bridgehead atoms. The summed E-state index contributed by atoms with van der Waals surface area (Å²) in [6, 6.07) is 4.83. The van der Waals surface area contributed by atoms with E-state index >= 15 is 0 Å². The van der Waals surface area contributed by atoms with Crippen LogP contribution in [-0.2, 0) is 4.79 Å². The number of nitrogens with two attached hydrogens (primary N) is 1. The van der Waals surface area contributed by atoms with Crippen LogP contribution in [0.5, 0.6) is 0 Å². The van der Waals surface area contributed by atoms with E-state index in [4.69, 9.17) is 17.3 Å². The molecule has 0 aliphatic rings. The van der Waals surface area contributed by atoms with Crippen LogP contribution in [0.15, 0.2) is 18.2 Å². The van der Waals surface area contributed by atoms with Crippen molar-refractivity contribution in [2.45, 2.75) is 32.7 Å². The van der Waals surface area contributed by atoms with Gasteiger partial charge in [0.2, 0.25) is 5.91 Å². The number of carbonyl (C=O) groups excluding carboxylic acids is 2. The highest BCUT2D eigenvalue weighted by molar-refractivity contribution is 6.34. The zero-order valence-corrected chi connectivity index (χ0v) is 13.7. The molecule has 4 N–H and O–H groups in total. The molecule has 0 spiro atoms. The zero-order chi connectivity index (χ0) is 15.1. The van der Waals surface area contributed by atoms with E-state index in [2.05, 4.69) is 10.6 Å². The summed E-state index contributed by atoms with van der Waals surface area (Å²) in [4.78, 5) is 23.4. The molecule has 1 unspecified atom stereocenters. The number of anilines is 1. The molecule has 0 aromatic heterocycles. The topological polar surface area (TPSA) is 84.2 Å². The number of hydrogen-bond donors (Lipinski definition) is 3. The first-order valence-corrected chi connectivity index (χ1v) is 6.94. The average molecular weight is 334 g/mol. The Hall–Kier alpha value is -1.46. The van der Waals surface area contributed by atoms with E-state index in [-0.39, 0.29) is 43.2 Å². The summed E-state index contributed by atoms with van der Waals surface area (Å²) in [5.74, 6) is -0.394. The van der Waals surface area contributed by atoms with E-state index in [0.29, 0.717) is 16.3 Å². The maximum atomic E-state index is 11.9. The molecule has 7 heteroatoms. The highest BCUT2D eigenvalue weighted by atomic mass is 35.5. The average Bonchev–Trinajstić information content (AvgIpc) is 2.38. The van der Waals surface area contributed by atoms with Gasteiger partial charge in [-0.2, -0.15) is 0 Å². The van der Waals surface area contributed by atoms with Crippen LogP contribution in [0.2, 0.25) is 5.02 Å². The number of nitrogens with one attached hydrogen (secondary N) is 2. The number of halogens is 2. The molecule has 21 heavy (non-hydrogen) atoms. The number of rotatable bonds is 6. The van der Waals surface area contributed by atoms with Crippen LogP contribution in [0.4, 0.5) is 5.69 Å². The molecule has 0 radical (unpaired) electrons. The smallest absolute Gasteiger partial charge is 0.252 e. The number of nitrogen functional groups attached to an aromatic ring is 1. The summed E-state index contributed by atoms with van der Waals surface area (Å²) in [6.07, 6.45) is 1.11. The van der Waals surface area contributed by atoms with Gasteiger partial charge >= 0.3 is 0 Å². The standard InChI is InChI=1S/C14H20ClN3O2.ClH/c1-3-9(2)18-13(19)6-7-17-14(20)11-5-4-10(16)8-12(11)15;/h4-5,8-9H,3,6-7,16H2,1-2H3,(H,17,20)(H,18,19);1H. The number of amides is 2. The van der Waals surface area contributed by atoms with Crippen molar-refractivity contribution >= 4 is 41.5 Å². The molecule has 0 aliphatic carbocycles. The lowest BCUT2D eigenvalue weighted by Gasteiger charge is -2.11. The van der Waals surface area contributed by atoms with Crippen LogP contribution in [0.1, 0.15) is 37.0 Å². The van der Waals surface area contributed by atoms with Gasteiger partial charge in [-0.3, -0.25) is 9.59 Å². The normalized spacial score (nSPS) is 11.2. The third-order valence-corrected chi connectivity index (χ3v) is 3.21. The molecule has 0 saturated heterocycles. The van der Waals surface area contributed by atoms with Crippen molar-refractivity contribution in [3.05, 3.63) is 28.8 Å². The highest BCUT2D eigenvalue weighted by Crippen LogP contribution is 2.18. The first-order chi connectivity index (χ1) is 9.43. The van der Waals surface area contributed by atoms with Crippen LogP contribution in [0, 0.1) is 0 Å². The van der Waals surface area contributed by atoms with Crippen molar-refractivity contribution in [2.24, 2.45) is 0 Å². The van der Waals surface area contributed by atoms with Gasteiger partial charge in [0, 0.05) is 24.7 Å². The number of carbonyl (C=O) groups is 2. The Labute approximate surface area is 136 Å². The Morgan fingerprint density at radius 3 is 2.62 bits per heavy atom. The molecule has 118 valence electrons. The molecular weight excluding hydrogens is 313 g/mol. The first kappa shape index (κ1) is 19.5. The summed E-state index contributed by atoms with van der Waals surface area (Å²) in [5.41, 5.74) is 6.41. The maximum Gasteiger partial charge on any atom is 0.252 e. The molecular formula is C14H21Cl2N3O2. The second-order valence-electron chi connectivity index (χ2n) is 4.62. The third kappa shape index (κ3) is 6.69. The Kier molecular flexibility index (Phi) is 8.81. The van der Waals surface area contributed by atoms with Gasteiger partial charge in [-0.05, 0) is 31.5 Å². The fourth-order valence-corrected chi connectivity index (χ4v) is 1.82. The van der Waals surface area contributed by atoms with Crippen LogP contribution in [-0.4, -0.2) is 24.4 Å². The first-order valence-electron chi connectivity index (χ1n) is 6.56. The molecule has 0 heterocycles. The fraction of sp³-hybridized carbons (Fsp3) is 0.429. The minimum Gasteiger partial charge on any atom is -0.399 e. The number of benzene rings is 1. The van der Waals surface area contributed by atoms with Crippen LogP contribution >= 0.6 is 24.0 Å². The molecule has 1 atom stereocenters. The minimum absolute atomic E-state index is 0. The molecule has 0 aliphatic heterocycles. The zero-order valence-electron chi connectivity index (χ0n) is 12.1.